The predicted octanol–water partition coefficient (Wildman–Crippen LogP) is 2.78. The Bertz CT molecular complexity index is 1050. The summed E-state index contributed by atoms with van der Waals surface area (Å²) in [5.74, 6) is 0.0620. The lowest BCUT2D eigenvalue weighted by molar-refractivity contribution is 0.0911. The van der Waals surface area contributed by atoms with Crippen molar-refractivity contribution in [3.63, 3.8) is 0 Å². The molecular formula is C21H21ClN2O3. The molecule has 2 heterocycles. The largest absolute Gasteiger partial charge is 0.508 e. The third kappa shape index (κ3) is 3.72. The predicted molar refractivity (Wildman–Crippen MR) is 106 cm³/mol. The Kier molecular flexibility index (Phi) is 4.91. The molecule has 0 amide bonds. The number of aliphatic hydroxyl groups excluding tert-OH is 1. The average molecular weight is 385 g/mol. The number of halogens is 1. The Balaban J connectivity index is 1.50. The molecule has 4 rings (SSSR count). The number of rotatable bonds is 4. The van der Waals surface area contributed by atoms with Gasteiger partial charge in [0.1, 0.15) is 5.75 Å². The highest BCUT2D eigenvalue weighted by atomic mass is 35.5. The van der Waals surface area contributed by atoms with E-state index in [0.29, 0.717) is 22.3 Å². The molecule has 0 radical (unpaired) electrons. The fourth-order valence-electron chi connectivity index (χ4n) is 3.76. The highest BCUT2D eigenvalue weighted by Gasteiger charge is 2.19. The monoisotopic (exact) mass is 384 g/mol. The number of aromatic hydroxyl groups is 1. The van der Waals surface area contributed by atoms with Crippen LogP contribution in [0.25, 0.3) is 10.8 Å². The zero-order valence-corrected chi connectivity index (χ0v) is 15.6. The third-order valence-corrected chi connectivity index (χ3v) is 5.41. The van der Waals surface area contributed by atoms with E-state index in [1.807, 2.05) is 6.07 Å². The van der Waals surface area contributed by atoms with Gasteiger partial charge < -0.3 is 14.8 Å². The molecule has 5 nitrogen and oxygen atoms in total. The summed E-state index contributed by atoms with van der Waals surface area (Å²) >= 11 is 6.27. The number of pyridine rings is 1. The molecule has 6 heteroatoms. The van der Waals surface area contributed by atoms with Crippen molar-refractivity contribution in [2.24, 2.45) is 0 Å². The lowest BCUT2D eigenvalue weighted by Gasteiger charge is -2.30. The van der Waals surface area contributed by atoms with Crippen molar-refractivity contribution in [2.45, 2.75) is 25.6 Å². The lowest BCUT2D eigenvalue weighted by Crippen LogP contribution is -2.39. The minimum atomic E-state index is -0.682. The summed E-state index contributed by atoms with van der Waals surface area (Å²) < 4.78 is 1.45. The van der Waals surface area contributed by atoms with Gasteiger partial charge in [-0.3, -0.25) is 9.69 Å². The molecule has 3 aromatic rings. The smallest absolute Gasteiger partial charge is 0.258 e. The third-order valence-electron chi connectivity index (χ3n) is 5.11. The Hall–Kier alpha value is -2.34. The van der Waals surface area contributed by atoms with E-state index in [1.165, 1.54) is 34.0 Å². The minimum absolute atomic E-state index is 0.0620. The van der Waals surface area contributed by atoms with Crippen molar-refractivity contribution in [2.75, 3.05) is 13.1 Å². The molecule has 1 aromatic heterocycles. The number of aromatic nitrogens is 1. The zero-order chi connectivity index (χ0) is 19.0. The molecule has 2 N–H and O–H groups in total. The SMILES string of the molecule is O=c1c2ccc(O)cc2c(Cl)cn1C[C@H](O)CN1CCc2ccccc2C1. The molecule has 140 valence electrons. The van der Waals surface area contributed by atoms with E-state index >= 15 is 0 Å². The summed E-state index contributed by atoms with van der Waals surface area (Å²) in [6.45, 7) is 2.36. The van der Waals surface area contributed by atoms with Crippen LogP contribution in [0.15, 0.2) is 53.5 Å². The van der Waals surface area contributed by atoms with E-state index in [9.17, 15) is 15.0 Å². The van der Waals surface area contributed by atoms with Gasteiger partial charge in [0, 0.05) is 36.6 Å². The lowest BCUT2D eigenvalue weighted by atomic mass is 10.00. The fourth-order valence-corrected chi connectivity index (χ4v) is 4.04. The van der Waals surface area contributed by atoms with Crippen molar-refractivity contribution in [3.8, 4) is 5.75 Å². The van der Waals surface area contributed by atoms with Gasteiger partial charge in [-0.1, -0.05) is 35.9 Å². The second kappa shape index (κ2) is 7.35. The van der Waals surface area contributed by atoms with Crippen LogP contribution >= 0.6 is 11.6 Å². The molecule has 0 fully saturated rings. The van der Waals surface area contributed by atoms with E-state index < -0.39 is 6.10 Å². The highest BCUT2D eigenvalue weighted by Crippen LogP contribution is 2.24. The molecule has 0 saturated heterocycles. The van der Waals surface area contributed by atoms with Crippen LogP contribution in [0.3, 0.4) is 0 Å². The van der Waals surface area contributed by atoms with Crippen LogP contribution in [0, 0.1) is 0 Å². The zero-order valence-electron chi connectivity index (χ0n) is 14.8. The van der Waals surface area contributed by atoms with Crippen molar-refractivity contribution < 1.29 is 10.2 Å². The van der Waals surface area contributed by atoms with Gasteiger partial charge in [-0.15, -0.1) is 0 Å². The van der Waals surface area contributed by atoms with Crippen LogP contribution in [-0.4, -0.2) is 38.9 Å². The normalized spacial score (nSPS) is 15.6. The van der Waals surface area contributed by atoms with Crippen LogP contribution in [0.5, 0.6) is 5.75 Å². The molecule has 27 heavy (non-hydrogen) atoms. The Morgan fingerprint density at radius 1 is 1.07 bits per heavy atom. The number of benzene rings is 2. The van der Waals surface area contributed by atoms with Crippen molar-refractivity contribution in [1.29, 1.82) is 0 Å². The van der Waals surface area contributed by atoms with E-state index in [0.717, 1.165) is 19.5 Å². The Morgan fingerprint density at radius 3 is 2.67 bits per heavy atom. The van der Waals surface area contributed by atoms with E-state index in [4.69, 9.17) is 11.6 Å². The summed E-state index contributed by atoms with van der Waals surface area (Å²) in [5.41, 5.74) is 2.43. The summed E-state index contributed by atoms with van der Waals surface area (Å²) in [7, 11) is 0. The van der Waals surface area contributed by atoms with Crippen LogP contribution in [0.1, 0.15) is 11.1 Å². The summed E-state index contributed by atoms with van der Waals surface area (Å²) in [5, 5.41) is 21.5. The molecule has 0 bridgehead atoms. The van der Waals surface area contributed by atoms with Gasteiger partial charge in [-0.05, 0) is 35.7 Å². The molecule has 1 aliphatic heterocycles. The summed E-state index contributed by atoms with van der Waals surface area (Å²) in [6.07, 6.45) is 1.81. The quantitative estimate of drug-likeness (QED) is 0.726. The van der Waals surface area contributed by atoms with Gasteiger partial charge in [0.2, 0.25) is 0 Å². The summed E-state index contributed by atoms with van der Waals surface area (Å²) in [4.78, 5) is 14.9. The molecule has 0 unspecified atom stereocenters. The standard InChI is InChI=1S/C21H21ClN2O3/c22-20-13-24(21(27)18-6-5-16(25)9-19(18)20)12-17(26)11-23-8-7-14-3-1-2-4-15(14)10-23/h1-6,9,13,17,25-26H,7-8,10-12H2/t17-/m1/s1. The minimum Gasteiger partial charge on any atom is -0.508 e. The molecule has 1 aliphatic rings. The van der Waals surface area contributed by atoms with Crippen LogP contribution < -0.4 is 5.56 Å². The van der Waals surface area contributed by atoms with Crippen molar-refractivity contribution in [3.05, 3.63) is 75.2 Å². The van der Waals surface area contributed by atoms with Crippen LogP contribution in [0.2, 0.25) is 5.02 Å². The van der Waals surface area contributed by atoms with Crippen molar-refractivity contribution in [1.82, 2.24) is 9.47 Å². The number of aliphatic hydroxyl groups is 1. The first kappa shape index (κ1) is 18.0. The Labute approximate surface area is 162 Å². The number of β-amino-alcohol motifs (C(OH)–C–C–N with tert-alkyl or cyclic N) is 1. The number of nitrogens with zero attached hydrogens (tertiary/aromatic N) is 2. The van der Waals surface area contributed by atoms with Gasteiger partial charge in [0.25, 0.3) is 5.56 Å². The van der Waals surface area contributed by atoms with E-state index in [1.54, 1.807) is 6.07 Å². The number of phenolic OH excluding ortho intramolecular Hbond substituents is 1. The molecule has 0 aliphatic carbocycles. The molecule has 0 spiro atoms. The molecule has 0 saturated carbocycles. The highest BCUT2D eigenvalue weighted by molar-refractivity contribution is 6.35. The van der Waals surface area contributed by atoms with Gasteiger partial charge >= 0.3 is 0 Å². The topological polar surface area (TPSA) is 65.7 Å². The van der Waals surface area contributed by atoms with Gasteiger partial charge in [-0.2, -0.15) is 0 Å². The van der Waals surface area contributed by atoms with E-state index in [2.05, 4.69) is 23.1 Å². The number of hydrogen-bond acceptors (Lipinski definition) is 4. The number of hydrogen-bond donors (Lipinski definition) is 2. The first-order valence-corrected chi connectivity index (χ1v) is 9.38. The summed E-state index contributed by atoms with van der Waals surface area (Å²) in [6, 6.07) is 12.9. The molecule has 1 atom stereocenters. The average Bonchev–Trinajstić information content (AvgIpc) is 2.65. The number of phenols is 1. The van der Waals surface area contributed by atoms with Gasteiger partial charge in [-0.25, -0.2) is 0 Å². The first-order valence-electron chi connectivity index (χ1n) is 9.00. The van der Waals surface area contributed by atoms with Crippen LogP contribution in [-0.2, 0) is 19.5 Å². The fraction of sp³-hybridized carbons (Fsp3) is 0.286. The van der Waals surface area contributed by atoms with Gasteiger partial charge in [0.15, 0.2) is 0 Å². The molecular weight excluding hydrogens is 364 g/mol. The van der Waals surface area contributed by atoms with E-state index in [-0.39, 0.29) is 17.9 Å². The second-order valence-corrected chi connectivity index (χ2v) is 7.48. The maximum absolute atomic E-state index is 12.7. The maximum atomic E-state index is 12.7. The second-order valence-electron chi connectivity index (χ2n) is 7.07. The van der Waals surface area contributed by atoms with Crippen LogP contribution in [0.4, 0.5) is 0 Å². The van der Waals surface area contributed by atoms with Gasteiger partial charge in [0.05, 0.1) is 17.7 Å². The molecule has 2 aromatic carbocycles. The van der Waals surface area contributed by atoms with Crippen molar-refractivity contribution >= 4 is 22.4 Å². The Morgan fingerprint density at radius 2 is 1.85 bits per heavy atom. The first-order chi connectivity index (χ1) is 13.0. The maximum Gasteiger partial charge on any atom is 0.258 e. The number of fused-ring (bicyclic) bond motifs is 2.